The topological polar surface area (TPSA) is 53.4 Å². The second-order valence-corrected chi connectivity index (χ2v) is 3.57. The van der Waals surface area contributed by atoms with E-state index in [1.165, 1.54) is 6.07 Å². The van der Waals surface area contributed by atoms with Crippen LogP contribution in [0.3, 0.4) is 0 Å². The number of halogens is 1. The second kappa shape index (κ2) is 2.88. The van der Waals surface area contributed by atoms with Crippen LogP contribution in [0.5, 0.6) is 11.5 Å². The standard InChI is InChI=1S/C9H6BrNO2/c10-5-3-6-7(11-4-5)1-2-8(12)9(6)13/h1-4,12-13H. The number of nitrogens with zero attached hydrogens (tertiary/aromatic N) is 1. The Morgan fingerprint density at radius 2 is 2.00 bits per heavy atom. The van der Waals surface area contributed by atoms with E-state index in [9.17, 15) is 10.2 Å². The van der Waals surface area contributed by atoms with Gasteiger partial charge < -0.3 is 10.2 Å². The van der Waals surface area contributed by atoms with Crippen molar-refractivity contribution in [1.82, 2.24) is 4.98 Å². The molecule has 1 aromatic heterocycles. The molecule has 66 valence electrons. The predicted octanol–water partition coefficient (Wildman–Crippen LogP) is 2.41. The molecule has 3 nitrogen and oxygen atoms in total. The quantitative estimate of drug-likeness (QED) is 0.695. The molecule has 0 bridgehead atoms. The highest BCUT2D eigenvalue weighted by Crippen LogP contribution is 2.33. The number of benzene rings is 1. The normalized spacial score (nSPS) is 10.5. The third-order valence-electron chi connectivity index (χ3n) is 1.78. The van der Waals surface area contributed by atoms with Crippen molar-refractivity contribution in [3.05, 3.63) is 28.9 Å². The van der Waals surface area contributed by atoms with E-state index in [0.29, 0.717) is 10.9 Å². The first-order chi connectivity index (χ1) is 6.18. The monoisotopic (exact) mass is 239 g/mol. The van der Waals surface area contributed by atoms with Gasteiger partial charge in [0.15, 0.2) is 11.5 Å². The molecule has 1 aromatic carbocycles. The Hall–Kier alpha value is -1.29. The summed E-state index contributed by atoms with van der Waals surface area (Å²) < 4.78 is 0.765. The summed E-state index contributed by atoms with van der Waals surface area (Å²) in [5.41, 5.74) is 0.651. The number of fused-ring (bicyclic) bond motifs is 1. The molecule has 0 saturated carbocycles. The highest BCUT2D eigenvalue weighted by atomic mass is 79.9. The van der Waals surface area contributed by atoms with Crippen LogP contribution in [0, 0.1) is 0 Å². The average Bonchev–Trinajstić information content (AvgIpc) is 2.12. The van der Waals surface area contributed by atoms with E-state index in [2.05, 4.69) is 20.9 Å². The molecule has 0 radical (unpaired) electrons. The average molecular weight is 240 g/mol. The lowest BCUT2D eigenvalue weighted by atomic mass is 10.2. The molecule has 0 aliphatic carbocycles. The van der Waals surface area contributed by atoms with E-state index in [0.717, 1.165) is 4.47 Å². The van der Waals surface area contributed by atoms with Crippen molar-refractivity contribution in [2.24, 2.45) is 0 Å². The summed E-state index contributed by atoms with van der Waals surface area (Å²) in [5.74, 6) is -0.265. The molecule has 13 heavy (non-hydrogen) atoms. The molecule has 4 heteroatoms. The maximum atomic E-state index is 9.47. The lowest BCUT2D eigenvalue weighted by Gasteiger charge is -2.02. The van der Waals surface area contributed by atoms with Gasteiger partial charge in [0.25, 0.3) is 0 Å². The molecule has 0 amide bonds. The van der Waals surface area contributed by atoms with E-state index in [1.807, 2.05) is 0 Å². The summed E-state index contributed by atoms with van der Waals surface area (Å²) >= 11 is 3.24. The Kier molecular flexibility index (Phi) is 1.84. The SMILES string of the molecule is Oc1ccc2ncc(Br)cc2c1O. The van der Waals surface area contributed by atoms with Gasteiger partial charge in [0.2, 0.25) is 0 Å². The molecule has 0 saturated heterocycles. The predicted molar refractivity (Wildman–Crippen MR) is 52.8 cm³/mol. The van der Waals surface area contributed by atoms with Gasteiger partial charge in [-0.15, -0.1) is 0 Å². The second-order valence-electron chi connectivity index (χ2n) is 2.65. The molecular formula is C9H6BrNO2. The van der Waals surface area contributed by atoms with Crippen LogP contribution in [-0.4, -0.2) is 15.2 Å². The zero-order chi connectivity index (χ0) is 9.42. The van der Waals surface area contributed by atoms with Crippen LogP contribution in [0.1, 0.15) is 0 Å². The number of hydrogen-bond donors (Lipinski definition) is 2. The Morgan fingerprint density at radius 1 is 1.23 bits per heavy atom. The van der Waals surface area contributed by atoms with E-state index in [1.54, 1.807) is 18.3 Å². The van der Waals surface area contributed by atoms with Gasteiger partial charge in [-0.25, -0.2) is 0 Å². The smallest absolute Gasteiger partial charge is 0.167 e. The number of aromatic hydroxyl groups is 2. The number of rotatable bonds is 0. The zero-order valence-electron chi connectivity index (χ0n) is 6.53. The van der Waals surface area contributed by atoms with E-state index >= 15 is 0 Å². The Bertz CT molecular complexity index is 465. The molecule has 1 heterocycles. The van der Waals surface area contributed by atoms with Crippen molar-refractivity contribution in [2.45, 2.75) is 0 Å². The molecule has 2 aromatic rings. The summed E-state index contributed by atoms with van der Waals surface area (Å²) in [6.45, 7) is 0. The van der Waals surface area contributed by atoms with Gasteiger partial charge >= 0.3 is 0 Å². The Balaban J connectivity index is 2.89. The zero-order valence-corrected chi connectivity index (χ0v) is 8.12. The van der Waals surface area contributed by atoms with Crippen LogP contribution in [0.4, 0.5) is 0 Å². The number of pyridine rings is 1. The fourth-order valence-corrected chi connectivity index (χ4v) is 1.48. The maximum Gasteiger partial charge on any atom is 0.167 e. The van der Waals surface area contributed by atoms with Crippen LogP contribution in [-0.2, 0) is 0 Å². The van der Waals surface area contributed by atoms with E-state index in [-0.39, 0.29) is 11.5 Å². The van der Waals surface area contributed by atoms with Crippen LogP contribution < -0.4 is 0 Å². The van der Waals surface area contributed by atoms with Crippen molar-refractivity contribution in [1.29, 1.82) is 0 Å². The van der Waals surface area contributed by atoms with Gasteiger partial charge in [0, 0.05) is 16.1 Å². The van der Waals surface area contributed by atoms with Crippen molar-refractivity contribution in [2.75, 3.05) is 0 Å². The van der Waals surface area contributed by atoms with Gasteiger partial charge in [-0.1, -0.05) is 0 Å². The number of aromatic nitrogens is 1. The minimum atomic E-state index is -0.133. The molecule has 0 atom stereocenters. The van der Waals surface area contributed by atoms with E-state index < -0.39 is 0 Å². The minimum absolute atomic E-state index is 0.132. The fourth-order valence-electron chi connectivity index (χ4n) is 1.15. The summed E-state index contributed by atoms with van der Waals surface area (Å²) in [6, 6.07) is 4.77. The summed E-state index contributed by atoms with van der Waals surface area (Å²) in [5, 5.41) is 19.2. The first-order valence-electron chi connectivity index (χ1n) is 3.64. The molecule has 2 N–H and O–H groups in total. The van der Waals surface area contributed by atoms with Crippen molar-refractivity contribution < 1.29 is 10.2 Å². The van der Waals surface area contributed by atoms with Crippen LogP contribution in [0.15, 0.2) is 28.9 Å². The number of hydrogen-bond acceptors (Lipinski definition) is 3. The lowest BCUT2D eigenvalue weighted by molar-refractivity contribution is 0.408. The van der Waals surface area contributed by atoms with Gasteiger partial charge in [-0.2, -0.15) is 0 Å². The van der Waals surface area contributed by atoms with Crippen LogP contribution in [0.2, 0.25) is 0 Å². The first-order valence-corrected chi connectivity index (χ1v) is 4.44. The molecule has 2 rings (SSSR count). The third kappa shape index (κ3) is 1.33. The van der Waals surface area contributed by atoms with Crippen molar-refractivity contribution in [3.8, 4) is 11.5 Å². The summed E-state index contributed by atoms with van der Waals surface area (Å²) in [7, 11) is 0. The Labute approximate surface area is 82.8 Å². The van der Waals surface area contributed by atoms with Gasteiger partial charge in [0.1, 0.15) is 0 Å². The fraction of sp³-hybridized carbons (Fsp3) is 0. The minimum Gasteiger partial charge on any atom is -0.504 e. The molecule has 0 aliphatic rings. The Morgan fingerprint density at radius 3 is 2.77 bits per heavy atom. The third-order valence-corrected chi connectivity index (χ3v) is 2.22. The molecular weight excluding hydrogens is 234 g/mol. The summed E-state index contributed by atoms with van der Waals surface area (Å²) in [4.78, 5) is 4.06. The van der Waals surface area contributed by atoms with Gasteiger partial charge in [0.05, 0.1) is 5.52 Å². The number of phenols is 2. The highest BCUT2D eigenvalue weighted by molar-refractivity contribution is 9.10. The number of phenolic OH excluding ortho intramolecular Hbond substituents is 2. The van der Waals surface area contributed by atoms with Crippen molar-refractivity contribution in [3.63, 3.8) is 0 Å². The molecule has 0 unspecified atom stereocenters. The molecule has 0 fully saturated rings. The van der Waals surface area contributed by atoms with Crippen LogP contribution in [0.25, 0.3) is 10.9 Å². The lowest BCUT2D eigenvalue weighted by Crippen LogP contribution is -1.79. The molecule has 0 spiro atoms. The largest absolute Gasteiger partial charge is 0.504 e. The van der Waals surface area contributed by atoms with Gasteiger partial charge in [-0.3, -0.25) is 4.98 Å². The van der Waals surface area contributed by atoms with Gasteiger partial charge in [-0.05, 0) is 34.1 Å². The maximum absolute atomic E-state index is 9.47. The van der Waals surface area contributed by atoms with Crippen molar-refractivity contribution >= 4 is 26.8 Å². The van der Waals surface area contributed by atoms with Crippen LogP contribution >= 0.6 is 15.9 Å². The summed E-state index contributed by atoms with van der Waals surface area (Å²) in [6.07, 6.45) is 1.64. The highest BCUT2D eigenvalue weighted by Gasteiger charge is 2.05. The molecule has 0 aliphatic heterocycles. The first kappa shape index (κ1) is 8.31. The van der Waals surface area contributed by atoms with E-state index in [4.69, 9.17) is 0 Å².